The van der Waals surface area contributed by atoms with Crippen molar-refractivity contribution in [1.29, 1.82) is 0 Å². The van der Waals surface area contributed by atoms with Gasteiger partial charge in [0.25, 0.3) is 0 Å². The predicted molar refractivity (Wildman–Crippen MR) is 89.1 cm³/mol. The number of carbonyl (C=O) groups is 1. The smallest absolute Gasteiger partial charge is 0.242 e. The van der Waals surface area contributed by atoms with Gasteiger partial charge in [-0.2, -0.15) is 0 Å². The number of fused-ring (bicyclic) bond motifs is 1. The number of hydrogen-bond acceptors (Lipinski definition) is 6. The number of carbonyl (C=O) groups excluding carboxylic acids is 1. The van der Waals surface area contributed by atoms with Gasteiger partial charge < -0.3 is 5.32 Å². The Hall–Kier alpha value is -3.16. The lowest BCUT2D eigenvalue weighted by Gasteiger charge is -2.25. The molecule has 8 nitrogen and oxygen atoms in total. The van der Waals surface area contributed by atoms with Crippen molar-refractivity contribution in [3.05, 3.63) is 54.1 Å². The number of nitrogens with one attached hydrogen (secondary N) is 1. The topological polar surface area (TPSA) is 98.5 Å². The Morgan fingerprint density at radius 1 is 1.28 bits per heavy atom. The molecule has 0 spiro atoms. The molecule has 1 N–H and O–H groups in total. The molecule has 2 heterocycles. The molecule has 1 aliphatic carbocycles. The first-order valence-corrected chi connectivity index (χ1v) is 8.21. The van der Waals surface area contributed by atoms with Gasteiger partial charge >= 0.3 is 0 Å². The molecule has 1 aromatic carbocycles. The number of aromatic nitrogens is 6. The Labute approximate surface area is 144 Å². The van der Waals surface area contributed by atoms with E-state index in [1.807, 2.05) is 36.5 Å². The summed E-state index contributed by atoms with van der Waals surface area (Å²) in [6.07, 6.45) is 6.02. The molecule has 4 rings (SSSR count). The van der Waals surface area contributed by atoms with E-state index in [-0.39, 0.29) is 18.5 Å². The number of nitrogens with zero attached hydrogens (tertiary/aromatic N) is 6. The summed E-state index contributed by atoms with van der Waals surface area (Å²) < 4.78 is 1.40. The number of rotatable bonds is 4. The average Bonchev–Trinajstić information content (AvgIpc) is 3.15. The number of benzene rings is 1. The van der Waals surface area contributed by atoms with E-state index in [9.17, 15) is 4.79 Å². The van der Waals surface area contributed by atoms with Gasteiger partial charge in [0.1, 0.15) is 12.9 Å². The molecular formula is C17H17N7O. The predicted octanol–water partition coefficient (Wildman–Crippen LogP) is 1.32. The van der Waals surface area contributed by atoms with Gasteiger partial charge in [-0.3, -0.25) is 4.79 Å². The van der Waals surface area contributed by atoms with E-state index >= 15 is 0 Å². The van der Waals surface area contributed by atoms with Crippen molar-refractivity contribution in [3.8, 4) is 11.4 Å². The maximum Gasteiger partial charge on any atom is 0.242 e. The molecule has 0 bridgehead atoms. The van der Waals surface area contributed by atoms with Crippen molar-refractivity contribution in [2.75, 3.05) is 0 Å². The average molecular weight is 335 g/mol. The van der Waals surface area contributed by atoms with Crippen LogP contribution in [-0.4, -0.2) is 36.1 Å². The summed E-state index contributed by atoms with van der Waals surface area (Å²) in [6.45, 7) is 0.0990. The molecule has 25 heavy (non-hydrogen) atoms. The third-order valence-electron chi connectivity index (χ3n) is 4.25. The minimum absolute atomic E-state index is 0.0717. The first-order chi connectivity index (χ1) is 12.3. The Morgan fingerprint density at radius 3 is 2.96 bits per heavy atom. The Balaban J connectivity index is 1.53. The first kappa shape index (κ1) is 15.4. The van der Waals surface area contributed by atoms with Gasteiger partial charge in [0, 0.05) is 23.0 Å². The third kappa shape index (κ3) is 3.37. The largest absolute Gasteiger partial charge is 0.348 e. The zero-order chi connectivity index (χ0) is 17.1. The van der Waals surface area contributed by atoms with Gasteiger partial charge in [0.15, 0.2) is 5.82 Å². The molecule has 1 aliphatic rings. The van der Waals surface area contributed by atoms with E-state index in [0.717, 1.165) is 41.9 Å². The Morgan fingerprint density at radius 2 is 2.16 bits per heavy atom. The molecule has 126 valence electrons. The van der Waals surface area contributed by atoms with Crippen LogP contribution in [0.2, 0.25) is 0 Å². The van der Waals surface area contributed by atoms with Crippen molar-refractivity contribution in [1.82, 2.24) is 35.5 Å². The van der Waals surface area contributed by atoms with Crippen LogP contribution in [-0.2, 0) is 17.8 Å². The molecule has 1 atom stereocenters. The number of amides is 1. The second-order valence-corrected chi connectivity index (χ2v) is 5.98. The minimum atomic E-state index is -0.128. The summed E-state index contributed by atoms with van der Waals surface area (Å²) in [5.41, 5.74) is 3.00. The van der Waals surface area contributed by atoms with Crippen LogP contribution in [0.4, 0.5) is 0 Å². The molecule has 3 aromatic rings. The van der Waals surface area contributed by atoms with Crippen LogP contribution in [0.15, 0.2) is 42.9 Å². The lowest BCUT2D eigenvalue weighted by atomic mass is 9.92. The zero-order valence-electron chi connectivity index (χ0n) is 13.5. The minimum Gasteiger partial charge on any atom is -0.348 e. The number of tetrazole rings is 1. The number of hydrogen-bond donors (Lipinski definition) is 1. The number of aryl methyl sites for hydroxylation is 1. The van der Waals surface area contributed by atoms with Crippen LogP contribution < -0.4 is 5.32 Å². The van der Waals surface area contributed by atoms with E-state index in [1.54, 1.807) is 0 Å². The zero-order valence-corrected chi connectivity index (χ0v) is 13.5. The Bertz CT molecular complexity index is 864. The van der Waals surface area contributed by atoms with Gasteiger partial charge in [-0.05, 0) is 29.7 Å². The lowest BCUT2D eigenvalue weighted by molar-refractivity contribution is -0.122. The normalized spacial score (nSPS) is 16.2. The molecule has 0 aliphatic heterocycles. The highest BCUT2D eigenvalue weighted by Gasteiger charge is 2.24. The standard InChI is InChI=1S/C17H17N7O/c25-16(10-24-11-19-22-23-24)20-14-7-4-8-15-13(14)9-18-17(21-15)12-5-2-1-3-6-12/h1-3,5-6,9,11,14H,4,7-8,10H2,(H,20,25)/t14-/m0/s1. The molecule has 0 fully saturated rings. The van der Waals surface area contributed by atoms with Crippen LogP contribution in [0.1, 0.15) is 30.1 Å². The molecule has 0 saturated carbocycles. The van der Waals surface area contributed by atoms with Crippen molar-refractivity contribution in [3.63, 3.8) is 0 Å². The summed E-state index contributed by atoms with van der Waals surface area (Å²) in [4.78, 5) is 21.4. The molecule has 0 radical (unpaired) electrons. The van der Waals surface area contributed by atoms with Gasteiger partial charge in [0.05, 0.1) is 6.04 Å². The van der Waals surface area contributed by atoms with Gasteiger partial charge in [-0.15, -0.1) is 5.10 Å². The maximum atomic E-state index is 12.2. The quantitative estimate of drug-likeness (QED) is 0.772. The van der Waals surface area contributed by atoms with E-state index in [0.29, 0.717) is 0 Å². The molecular weight excluding hydrogens is 318 g/mol. The van der Waals surface area contributed by atoms with Crippen LogP contribution in [0.25, 0.3) is 11.4 Å². The monoisotopic (exact) mass is 335 g/mol. The van der Waals surface area contributed by atoms with Gasteiger partial charge in [-0.25, -0.2) is 14.6 Å². The third-order valence-corrected chi connectivity index (χ3v) is 4.25. The summed E-state index contributed by atoms with van der Waals surface area (Å²) in [6, 6.07) is 9.84. The fourth-order valence-corrected chi connectivity index (χ4v) is 3.06. The van der Waals surface area contributed by atoms with Crippen LogP contribution in [0.5, 0.6) is 0 Å². The SMILES string of the molecule is O=C(Cn1cnnn1)N[C@H]1CCCc2nc(-c3ccccc3)ncc21. The van der Waals surface area contributed by atoms with Crippen molar-refractivity contribution >= 4 is 5.91 Å². The summed E-state index contributed by atoms with van der Waals surface area (Å²) >= 11 is 0. The van der Waals surface area contributed by atoms with Gasteiger partial charge in [0.2, 0.25) is 5.91 Å². The summed E-state index contributed by atoms with van der Waals surface area (Å²) in [7, 11) is 0. The van der Waals surface area contributed by atoms with Crippen molar-refractivity contribution in [2.24, 2.45) is 0 Å². The van der Waals surface area contributed by atoms with E-state index in [2.05, 4.69) is 25.8 Å². The van der Waals surface area contributed by atoms with Crippen LogP contribution >= 0.6 is 0 Å². The lowest BCUT2D eigenvalue weighted by Crippen LogP contribution is -2.34. The highest BCUT2D eigenvalue weighted by Crippen LogP contribution is 2.29. The second-order valence-electron chi connectivity index (χ2n) is 5.98. The van der Waals surface area contributed by atoms with E-state index in [1.165, 1.54) is 11.0 Å². The Kier molecular flexibility index (Phi) is 4.16. The summed E-state index contributed by atoms with van der Waals surface area (Å²) in [5.74, 6) is 0.595. The first-order valence-electron chi connectivity index (χ1n) is 8.21. The van der Waals surface area contributed by atoms with E-state index < -0.39 is 0 Å². The van der Waals surface area contributed by atoms with Crippen molar-refractivity contribution < 1.29 is 4.79 Å². The highest BCUT2D eigenvalue weighted by molar-refractivity contribution is 5.76. The fraction of sp³-hybridized carbons (Fsp3) is 0.294. The molecule has 0 unspecified atom stereocenters. The highest BCUT2D eigenvalue weighted by atomic mass is 16.2. The van der Waals surface area contributed by atoms with Crippen LogP contribution in [0, 0.1) is 0 Å². The summed E-state index contributed by atoms with van der Waals surface area (Å²) in [5, 5.41) is 13.8. The molecule has 0 saturated heterocycles. The molecule has 1 amide bonds. The molecule has 2 aromatic heterocycles. The fourth-order valence-electron chi connectivity index (χ4n) is 3.06. The van der Waals surface area contributed by atoms with Gasteiger partial charge in [-0.1, -0.05) is 30.3 Å². The van der Waals surface area contributed by atoms with E-state index in [4.69, 9.17) is 4.98 Å². The maximum absolute atomic E-state index is 12.2. The second kappa shape index (κ2) is 6.76. The molecule has 8 heteroatoms. The van der Waals surface area contributed by atoms with Crippen molar-refractivity contribution in [2.45, 2.75) is 31.8 Å². The van der Waals surface area contributed by atoms with Crippen LogP contribution in [0.3, 0.4) is 0 Å².